The van der Waals surface area contributed by atoms with Crippen molar-refractivity contribution in [2.24, 2.45) is 0 Å². The number of nitrogens with zero attached hydrogens (tertiary/aromatic N) is 2. The number of fused-ring (bicyclic) bond motifs is 1. The fourth-order valence-electron chi connectivity index (χ4n) is 2.34. The van der Waals surface area contributed by atoms with Crippen LogP contribution in [0.1, 0.15) is 12.0 Å². The predicted octanol–water partition coefficient (Wildman–Crippen LogP) is 1.46. The smallest absolute Gasteiger partial charge is 0.224 e. The van der Waals surface area contributed by atoms with Gasteiger partial charge in [0.25, 0.3) is 0 Å². The zero-order valence-corrected chi connectivity index (χ0v) is 11.1. The van der Waals surface area contributed by atoms with Crippen LogP contribution in [0.5, 0.6) is 0 Å². The lowest BCUT2D eigenvalue weighted by Gasteiger charge is -2.19. The van der Waals surface area contributed by atoms with Gasteiger partial charge < -0.3 is 20.9 Å². The SMILES string of the molecule is Nc1cc2c(cc1NCCn1ccnc1)CCC(=O)N2. The quantitative estimate of drug-likeness (QED) is 0.735. The van der Waals surface area contributed by atoms with E-state index in [4.69, 9.17) is 5.73 Å². The highest BCUT2D eigenvalue weighted by atomic mass is 16.1. The molecule has 6 nitrogen and oxygen atoms in total. The molecule has 0 saturated carbocycles. The molecule has 0 spiro atoms. The van der Waals surface area contributed by atoms with Crippen LogP contribution in [0.4, 0.5) is 17.1 Å². The molecule has 1 aromatic carbocycles. The van der Waals surface area contributed by atoms with Crippen LogP contribution >= 0.6 is 0 Å². The molecule has 0 unspecified atom stereocenters. The Balaban J connectivity index is 1.69. The molecule has 0 atom stereocenters. The van der Waals surface area contributed by atoms with Crippen molar-refractivity contribution >= 4 is 23.0 Å². The Labute approximate surface area is 117 Å². The lowest BCUT2D eigenvalue weighted by atomic mass is 10.0. The van der Waals surface area contributed by atoms with Gasteiger partial charge in [-0.2, -0.15) is 0 Å². The van der Waals surface area contributed by atoms with E-state index in [2.05, 4.69) is 15.6 Å². The number of rotatable bonds is 4. The Morgan fingerprint density at radius 3 is 3.10 bits per heavy atom. The van der Waals surface area contributed by atoms with Gasteiger partial charge in [0.05, 0.1) is 17.7 Å². The first kappa shape index (κ1) is 12.5. The number of nitrogen functional groups attached to an aromatic ring is 1. The molecule has 104 valence electrons. The Hall–Kier alpha value is -2.50. The van der Waals surface area contributed by atoms with E-state index >= 15 is 0 Å². The lowest BCUT2D eigenvalue weighted by molar-refractivity contribution is -0.116. The van der Waals surface area contributed by atoms with E-state index in [0.29, 0.717) is 12.1 Å². The molecule has 2 heterocycles. The first-order chi connectivity index (χ1) is 9.72. The molecule has 1 aromatic heterocycles. The molecule has 3 rings (SSSR count). The molecule has 1 aliphatic rings. The summed E-state index contributed by atoms with van der Waals surface area (Å²) in [4.78, 5) is 15.3. The van der Waals surface area contributed by atoms with Crippen molar-refractivity contribution in [1.29, 1.82) is 0 Å². The van der Waals surface area contributed by atoms with Crippen molar-refractivity contribution in [2.75, 3.05) is 22.9 Å². The summed E-state index contributed by atoms with van der Waals surface area (Å²) in [6, 6.07) is 3.85. The molecule has 1 aliphatic heterocycles. The standard InChI is InChI=1S/C14H17N5O/c15-11-8-12-10(1-2-14(20)18-12)7-13(11)17-4-6-19-5-3-16-9-19/h3,5,7-9,17H,1-2,4,6,15H2,(H,18,20). The minimum atomic E-state index is 0.0534. The monoisotopic (exact) mass is 271 g/mol. The highest BCUT2D eigenvalue weighted by Crippen LogP contribution is 2.30. The molecule has 2 aromatic rings. The van der Waals surface area contributed by atoms with Gasteiger partial charge in [-0.1, -0.05) is 0 Å². The largest absolute Gasteiger partial charge is 0.397 e. The van der Waals surface area contributed by atoms with Gasteiger partial charge in [-0.25, -0.2) is 4.98 Å². The van der Waals surface area contributed by atoms with Crippen molar-refractivity contribution in [3.63, 3.8) is 0 Å². The van der Waals surface area contributed by atoms with Gasteiger partial charge in [-0.15, -0.1) is 0 Å². The third-order valence-corrected chi connectivity index (χ3v) is 3.42. The van der Waals surface area contributed by atoms with Gasteiger partial charge in [0.2, 0.25) is 5.91 Å². The average molecular weight is 271 g/mol. The van der Waals surface area contributed by atoms with E-state index in [1.165, 1.54) is 0 Å². The summed E-state index contributed by atoms with van der Waals surface area (Å²) in [5, 5.41) is 6.17. The number of hydrogen-bond donors (Lipinski definition) is 3. The number of amides is 1. The number of aryl methyl sites for hydroxylation is 1. The second-order valence-electron chi connectivity index (χ2n) is 4.87. The second-order valence-corrected chi connectivity index (χ2v) is 4.87. The number of benzene rings is 1. The molecule has 0 aliphatic carbocycles. The van der Waals surface area contributed by atoms with Gasteiger partial charge in [-0.3, -0.25) is 4.79 Å². The molecule has 6 heteroatoms. The summed E-state index contributed by atoms with van der Waals surface area (Å²) < 4.78 is 2.00. The Bertz CT molecular complexity index is 621. The highest BCUT2D eigenvalue weighted by Gasteiger charge is 2.16. The van der Waals surface area contributed by atoms with Gasteiger partial charge in [0.15, 0.2) is 0 Å². The molecular formula is C14H17N5O. The zero-order valence-electron chi connectivity index (χ0n) is 11.1. The average Bonchev–Trinajstić information content (AvgIpc) is 2.93. The summed E-state index contributed by atoms with van der Waals surface area (Å²) in [5.74, 6) is 0.0534. The van der Waals surface area contributed by atoms with E-state index in [9.17, 15) is 4.79 Å². The Kier molecular flexibility index (Phi) is 3.28. The predicted molar refractivity (Wildman–Crippen MR) is 78.5 cm³/mol. The number of nitrogens with one attached hydrogen (secondary N) is 2. The van der Waals surface area contributed by atoms with Crippen LogP contribution < -0.4 is 16.4 Å². The Morgan fingerprint density at radius 2 is 2.30 bits per heavy atom. The van der Waals surface area contributed by atoms with Crippen LogP contribution in [0.15, 0.2) is 30.9 Å². The van der Waals surface area contributed by atoms with Crippen molar-refractivity contribution < 1.29 is 4.79 Å². The summed E-state index contributed by atoms with van der Waals surface area (Å²) in [6.07, 6.45) is 6.76. The summed E-state index contributed by atoms with van der Waals surface area (Å²) in [6.45, 7) is 1.60. The highest BCUT2D eigenvalue weighted by molar-refractivity contribution is 5.95. The lowest BCUT2D eigenvalue weighted by Crippen LogP contribution is -2.20. The van der Waals surface area contributed by atoms with Crippen molar-refractivity contribution in [1.82, 2.24) is 9.55 Å². The van der Waals surface area contributed by atoms with Crippen LogP contribution in [-0.2, 0) is 17.8 Å². The van der Waals surface area contributed by atoms with Crippen LogP contribution in [0.3, 0.4) is 0 Å². The van der Waals surface area contributed by atoms with Crippen LogP contribution in [-0.4, -0.2) is 22.0 Å². The molecule has 4 N–H and O–H groups in total. The molecule has 1 amide bonds. The minimum Gasteiger partial charge on any atom is -0.397 e. The van der Waals surface area contributed by atoms with Crippen molar-refractivity contribution in [2.45, 2.75) is 19.4 Å². The van der Waals surface area contributed by atoms with E-state index < -0.39 is 0 Å². The summed E-state index contributed by atoms with van der Waals surface area (Å²) >= 11 is 0. The first-order valence-corrected chi connectivity index (χ1v) is 6.64. The number of carbonyl (C=O) groups excluding carboxylic acids is 1. The molecular weight excluding hydrogens is 254 g/mol. The van der Waals surface area contributed by atoms with Crippen LogP contribution in [0.2, 0.25) is 0 Å². The molecule has 20 heavy (non-hydrogen) atoms. The number of carbonyl (C=O) groups is 1. The number of imidazole rings is 1. The van der Waals surface area contributed by atoms with Crippen LogP contribution in [0, 0.1) is 0 Å². The number of hydrogen-bond acceptors (Lipinski definition) is 4. The molecule has 0 radical (unpaired) electrons. The van der Waals surface area contributed by atoms with E-state index in [-0.39, 0.29) is 5.91 Å². The fraction of sp³-hybridized carbons (Fsp3) is 0.286. The summed E-state index contributed by atoms with van der Waals surface area (Å²) in [7, 11) is 0. The topological polar surface area (TPSA) is 85.0 Å². The number of aromatic nitrogens is 2. The van der Waals surface area contributed by atoms with Crippen molar-refractivity contribution in [3.05, 3.63) is 36.4 Å². The maximum Gasteiger partial charge on any atom is 0.224 e. The van der Waals surface area contributed by atoms with Gasteiger partial charge in [0.1, 0.15) is 0 Å². The van der Waals surface area contributed by atoms with Crippen LogP contribution in [0.25, 0.3) is 0 Å². The molecule has 0 bridgehead atoms. The van der Waals surface area contributed by atoms with E-state index in [1.54, 1.807) is 12.5 Å². The third kappa shape index (κ3) is 2.59. The number of anilines is 3. The van der Waals surface area contributed by atoms with E-state index in [0.717, 1.165) is 36.4 Å². The minimum absolute atomic E-state index is 0.0534. The molecule has 0 saturated heterocycles. The first-order valence-electron chi connectivity index (χ1n) is 6.64. The van der Waals surface area contributed by atoms with Gasteiger partial charge in [0, 0.05) is 37.6 Å². The van der Waals surface area contributed by atoms with E-state index in [1.807, 2.05) is 22.9 Å². The summed E-state index contributed by atoms with van der Waals surface area (Å²) in [5.41, 5.74) is 9.54. The number of nitrogens with two attached hydrogens (primary N) is 1. The fourth-order valence-corrected chi connectivity index (χ4v) is 2.34. The zero-order chi connectivity index (χ0) is 13.9. The second kappa shape index (κ2) is 5.24. The molecule has 0 fully saturated rings. The normalized spacial score (nSPS) is 13.7. The maximum atomic E-state index is 11.3. The van der Waals surface area contributed by atoms with Gasteiger partial charge in [-0.05, 0) is 24.1 Å². The Morgan fingerprint density at radius 1 is 1.40 bits per heavy atom. The maximum absolute atomic E-state index is 11.3. The van der Waals surface area contributed by atoms with Crippen molar-refractivity contribution in [3.8, 4) is 0 Å². The third-order valence-electron chi connectivity index (χ3n) is 3.42. The van der Waals surface area contributed by atoms with Gasteiger partial charge >= 0.3 is 0 Å².